The van der Waals surface area contributed by atoms with Crippen LogP contribution in [0.4, 0.5) is 5.69 Å². The Kier molecular flexibility index (Phi) is 6.12. The summed E-state index contributed by atoms with van der Waals surface area (Å²) in [5.74, 6) is 0.333. The zero-order chi connectivity index (χ0) is 19.2. The minimum atomic E-state index is -0.674. The van der Waals surface area contributed by atoms with E-state index in [0.29, 0.717) is 17.0 Å². The van der Waals surface area contributed by atoms with Crippen LogP contribution in [-0.4, -0.2) is 35.9 Å². The maximum atomic E-state index is 12.7. The van der Waals surface area contributed by atoms with Gasteiger partial charge in [-0.2, -0.15) is 0 Å². The number of aryl methyl sites for hydroxylation is 1. The Morgan fingerprint density at radius 1 is 1.07 bits per heavy atom. The van der Waals surface area contributed by atoms with Gasteiger partial charge in [0.05, 0.1) is 11.3 Å². The van der Waals surface area contributed by atoms with Crippen molar-refractivity contribution in [2.45, 2.75) is 39.2 Å². The summed E-state index contributed by atoms with van der Waals surface area (Å²) in [6.45, 7) is 5.34. The number of nitrogens with zero attached hydrogens (tertiary/aromatic N) is 1. The molecule has 2 amide bonds. The van der Waals surface area contributed by atoms with Crippen molar-refractivity contribution in [3.05, 3.63) is 59.7 Å². The fourth-order valence-electron chi connectivity index (χ4n) is 3.16. The van der Waals surface area contributed by atoms with Crippen molar-refractivity contribution in [3.8, 4) is 5.75 Å². The zero-order valence-electron chi connectivity index (χ0n) is 15.9. The second-order valence-corrected chi connectivity index (χ2v) is 6.79. The molecule has 1 aliphatic rings. The Hall–Kier alpha value is -2.82. The van der Waals surface area contributed by atoms with E-state index in [0.717, 1.165) is 32.4 Å². The summed E-state index contributed by atoms with van der Waals surface area (Å²) in [7, 11) is 0. The molecule has 5 nitrogen and oxygen atoms in total. The van der Waals surface area contributed by atoms with E-state index >= 15 is 0 Å². The molecule has 1 N–H and O–H groups in total. The van der Waals surface area contributed by atoms with Gasteiger partial charge in [-0.25, -0.2) is 0 Å². The van der Waals surface area contributed by atoms with Gasteiger partial charge in [-0.15, -0.1) is 0 Å². The highest BCUT2D eigenvalue weighted by molar-refractivity contribution is 6.04. The third kappa shape index (κ3) is 4.67. The molecular weight excluding hydrogens is 340 g/mol. The number of amides is 2. The summed E-state index contributed by atoms with van der Waals surface area (Å²) in [6.07, 6.45) is 2.34. The van der Waals surface area contributed by atoms with Gasteiger partial charge in [0, 0.05) is 13.1 Å². The molecule has 2 aromatic carbocycles. The minimum absolute atomic E-state index is 0.0351. The second kappa shape index (κ2) is 8.71. The van der Waals surface area contributed by atoms with Crippen LogP contribution in [0.15, 0.2) is 48.5 Å². The van der Waals surface area contributed by atoms with Gasteiger partial charge in [-0.1, -0.05) is 31.2 Å². The van der Waals surface area contributed by atoms with Crippen molar-refractivity contribution >= 4 is 17.5 Å². The van der Waals surface area contributed by atoms with E-state index in [2.05, 4.69) is 12.2 Å². The highest BCUT2D eigenvalue weighted by Crippen LogP contribution is 2.21. The van der Waals surface area contributed by atoms with Crippen molar-refractivity contribution < 1.29 is 14.3 Å². The molecular formula is C22H26N2O3. The summed E-state index contributed by atoms with van der Waals surface area (Å²) in [5.41, 5.74) is 2.26. The third-order valence-corrected chi connectivity index (χ3v) is 4.82. The largest absolute Gasteiger partial charge is 0.481 e. The molecule has 0 unspecified atom stereocenters. The molecule has 0 radical (unpaired) electrons. The molecule has 2 aromatic rings. The van der Waals surface area contributed by atoms with Gasteiger partial charge in [0.15, 0.2) is 6.10 Å². The van der Waals surface area contributed by atoms with Gasteiger partial charge in [0.2, 0.25) is 0 Å². The van der Waals surface area contributed by atoms with Gasteiger partial charge in [-0.3, -0.25) is 9.59 Å². The number of ether oxygens (including phenoxy) is 1. The number of benzene rings is 2. The Labute approximate surface area is 160 Å². The Bertz CT molecular complexity index is 795. The van der Waals surface area contributed by atoms with E-state index in [1.807, 2.05) is 41.3 Å². The molecule has 0 aromatic heterocycles. The number of para-hydroxylation sites is 1. The van der Waals surface area contributed by atoms with Crippen LogP contribution in [0.1, 0.15) is 42.6 Å². The number of likely N-dealkylation sites (tertiary alicyclic amines) is 1. The number of carbonyl (C=O) groups is 2. The standard InChI is InChI=1S/C22H26N2O3/c1-3-17-10-12-18(13-11-17)27-16(2)21(25)23-20-9-5-4-8-19(20)22(26)24-14-6-7-15-24/h4-5,8-13,16H,3,6-7,14-15H2,1-2H3,(H,23,25)/t16-/m1/s1. The molecule has 1 aliphatic heterocycles. The molecule has 3 rings (SSSR count). The highest BCUT2D eigenvalue weighted by Gasteiger charge is 2.23. The molecule has 0 bridgehead atoms. The first kappa shape index (κ1) is 19.0. The summed E-state index contributed by atoms with van der Waals surface area (Å²) in [5, 5.41) is 2.85. The van der Waals surface area contributed by atoms with Crippen LogP contribution < -0.4 is 10.1 Å². The summed E-state index contributed by atoms with van der Waals surface area (Å²) < 4.78 is 5.74. The first-order chi connectivity index (χ1) is 13.1. The molecule has 142 valence electrons. The molecule has 1 heterocycles. The van der Waals surface area contributed by atoms with Crippen molar-refractivity contribution in [2.24, 2.45) is 0 Å². The van der Waals surface area contributed by atoms with Crippen LogP contribution in [0.5, 0.6) is 5.75 Å². The molecule has 1 atom stereocenters. The van der Waals surface area contributed by atoms with Crippen LogP contribution in [0.3, 0.4) is 0 Å². The fraction of sp³-hybridized carbons (Fsp3) is 0.364. The minimum Gasteiger partial charge on any atom is -0.481 e. The van der Waals surface area contributed by atoms with Crippen molar-refractivity contribution in [3.63, 3.8) is 0 Å². The summed E-state index contributed by atoms with van der Waals surface area (Å²) in [4.78, 5) is 27.1. The van der Waals surface area contributed by atoms with Gasteiger partial charge >= 0.3 is 0 Å². The Morgan fingerprint density at radius 2 is 1.74 bits per heavy atom. The molecule has 27 heavy (non-hydrogen) atoms. The normalized spacial score (nSPS) is 14.7. The number of hydrogen-bond donors (Lipinski definition) is 1. The number of anilines is 1. The van der Waals surface area contributed by atoms with E-state index < -0.39 is 6.10 Å². The Balaban J connectivity index is 1.67. The van der Waals surface area contributed by atoms with E-state index in [4.69, 9.17) is 4.74 Å². The van der Waals surface area contributed by atoms with Gasteiger partial charge in [-0.05, 0) is 56.0 Å². The van der Waals surface area contributed by atoms with Crippen molar-refractivity contribution in [1.82, 2.24) is 4.90 Å². The molecule has 1 saturated heterocycles. The Morgan fingerprint density at radius 3 is 2.41 bits per heavy atom. The molecule has 0 saturated carbocycles. The quantitative estimate of drug-likeness (QED) is 0.844. The topological polar surface area (TPSA) is 58.6 Å². The third-order valence-electron chi connectivity index (χ3n) is 4.82. The van der Waals surface area contributed by atoms with Crippen LogP contribution in [0, 0.1) is 0 Å². The smallest absolute Gasteiger partial charge is 0.265 e. The zero-order valence-corrected chi connectivity index (χ0v) is 15.9. The van der Waals surface area contributed by atoms with E-state index in [-0.39, 0.29) is 11.8 Å². The number of carbonyl (C=O) groups excluding carboxylic acids is 2. The predicted octanol–water partition coefficient (Wildman–Crippen LogP) is 3.89. The lowest BCUT2D eigenvalue weighted by Crippen LogP contribution is -2.32. The van der Waals surface area contributed by atoms with Gasteiger partial charge in [0.25, 0.3) is 11.8 Å². The molecule has 0 aliphatic carbocycles. The second-order valence-electron chi connectivity index (χ2n) is 6.79. The fourth-order valence-corrected chi connectivity index (χ4v) is 3.16. The van der Waals surface area contributed by atoms with Crippen LogP contribution >= 0.6 is 0 Å². The SMILES string of the molecule is CCc1ccc(O[C@H](C)C(=O)Nc2ccccc2C(=O)N2CCCC2)cc1. The van der Waals surface area contributed by atoms with E-state index in [9.17, 15) is 9.59 Å². The lowest BCUT2D eigenvalue weighted by Gasteiger charge is -2.19. The number of nitrogens with one attached hydrogen (secondary N) is 1. The molecule has 1 fully saturated rings. The summed E-state index contributed by atoms with van der Waals surface area (Å²) in [6, 6.07) is 14.9. The average molecular weight is 366 g/mol. The first-order valence-corrected chi connectivity index (χ1v) is 9.53. The average Bonchev–Trinajstić information content (AvgIpc) is 3.23. The van der Waals surface area contributed by atoms with Crippen LogP contribution in [0.2, 0.25) is 0 Å². The van der Waals surface area contributed by atoms with Gasteiger partial charge < -0.3 is 15.0 Å². The number of rotatable bonds is 6. The lowest BCUT2D eigenvalue weighted by molar-refractivity contribution is -0.122. The lowest BCUT2D eigenvalue weighted by atomic mass is 10.1. The number of hydrogen-bond acceptors (Lipinski definition) is 3. The van der Waals surface area contributed by atoms with Crippen LogP contribution in [0.25, 0.3) is 0 Å². The summed E-state index contributed by atoms with van der Waals surface area (Å²) >= 11 is 0. The molecule has 0 spiro atoms. The van der Waals surface area contributed by atoms with Gasteiger partial charge in [0.1, 0.15) is 5.75 Å². The molecule has 5 heteroatoms. The van der Waals surface area contributed by atoms with Crippen molar-refractivity contribution in [1.29, 1.82) is 0 Å². The maximum absolute atomic E-state index is 12.7. The van der Waals surface area contributed by atoms with Crippen molar-refractivity contribution in [2.75, 3.05) is 18.4 Å². The predicted molar refractivity (Wildman–Crippen MR) is 106 cm³/mol. The van der Waals surface area contributed by atoms with Crippen LogP contribution in [-0.2, 0) is 11.2 Å². The monoisotopic (exact) mass is 366 g/mol. The van der Waals surface area contributed by atoms with E-state index in [1.165, 1.54) is 5.56 Å². The highest BCUT2D eigenvalue weighted by atomic mass is 16.5. The van der Waals surface area contributed by atoms with E-state index in [1.54, 1.807) is 19.1 Å². The first-order valence-electron chi connectivity index (χ1n) is 9.53. The maximum Gasteiger partial charge on any atom is 0.265 e.